The second-order valence-electron chi connectivity index (χ2n) is 9.39. The Morgan fingerprint density at radius 3 is 2.28 bits per heavy atom. The lowest BCUT2D eigenvalue weighted by molar-refractivity contribution is 0.00578. The van der Waals surface area contributed by atoms with Crippen molar-refractivity contribution >= 4 is 19.3 Å². The number of ether oxygens (including phenoxy) is 2. The first kappa shape index (κ1) is 23.3. The van der Waals surface area contributed by atoms with Crippen molar-refractivity contribution in [3.8, 4) is 5.75 Å². The standard InChI is InChI=1S/C22H34BNO5/c1-15-10-11-18(26-9)13-16(15)12-17(14-24-19(25)27-20(2,3)4)23-28-21(5,6)22(7,8)29-23/h10-13H,14H2,1-9H3,(H,24,25). The molecule has 0 unspecified atom stereocenters. The monoisotopic (exact) mass is 403 g/mol. The van der Waals surface area contributed by atoms with E-state index >= 15 is 0 Å². The molecule has 160 valence electrons. The first-order valence-corrected chi connectivity index (χ1v) is 9.92. The summed E-state index contributed by atoms with van der Waals surface area (Å²) >= 11 is 0. The Balaban J connectivity index is 2.33. The minimum atomic E-state index is -0.583. The van der Waals surface area contributed by atoms with Crippen LogP contribution in [-0.4, -0.2) is 43.7 Å². The van der Waals surface area contributed by atoms with E-state index in [2.05, 4.69) is 5.32 Å². The predicted molar refractivity (Wildman–Crippen MR) is 116 cm³/mol. The van der Waals surface area contributed by atoms with Crippen LogP contribution in [0.2, 0.25) is 0 Å². The molecule has 0 spiro atoms. The highest BCUT2D eigenvalue weighted by Gasteiger charge is 2.52. The Labute approximate surface area is 175 Å². The van der Waals surface area contributed by atoms with E-state index in [-0.39, 0.29) is 6.54 Å². The molecule has 6 nitrogen and oxygen atoms in total. The molecular formula is C22H34BNO5. The number of carbonyl (C=O) groups is 1. The number of amides is 1. The Kier molecular flexibility index (Phi) is 6.75. The third-order valence-corrected chi connectivity index (χ3v) is 5.22. The Bertz CT molecular complexity index is 764. The summed E-state index contributed by atoms with van der Waals surface area (Å²) in [6.45, 7) is 15.8. The second kappa shape index (κ2) is 8.40. The van der Waals surface area contributed by atoms with Crippen LogP contribution in [-0.2, 0) is 14.0 Å². The summed E-state index contributed by atoms with van der Waals surface area (Å²) in [6.07, 6.45) is 1.50. The van der Waals surface area contributed by atoms with Gasteiger partial charge in [-0.2, -0.15) is 0 Å². The van der Waals surface area contributed by atoms with E-state index in [1.807, 2.05) is 79.7 Å². The molecule has 1 aromatic carbocycles. The molecule has 1 fully saturated rings. The normalized spacial score (nSPS) is 18.5. The summed E-state index contributed by atoms with van der Waals surface area (Å²) in [5.74, 6) is 0.759. The summed E-state index contributed by atoms with van der Waals surface area (Å²) in [5.41, 5.74) is 1.32. The molecule has 0 aliphatic carbocycles. The van der Waals surface area contributed by atoms with E-state index in [1.165, 1.54) is 0 Å². The van der Waals surface area contributed by atoms with Crippen LogP contribution < -0.4 is 10.1 Å². The molecule has 0 bridgehead atoms. The van der Waals surface area contributed by atoms with Crippen LogP contribution in [0, 0.1) is 6.92 Å². The van der Waals surface area contributed by atoms with Gasteiger partial charge in [-0.15, -0.1) is 0 Å². The number of hydrogen-bond acceptors (Lipinski definition) is 5. The maximum atomic E-state index is 12.2. The van der Waals surface area contributed by atoms with Crippen molar-refractivity contribution in [2.45, 2.75) is 72.2 Å². The van der Waals surface area contributed by atoms with Crippen molar-refractivity contribution < 1.29 is 23.6 Å². The van der Waals surface area contributed by atoms with E-state index in [9.17, 15) is 4.79 Å². The molecule has 1 aliphatic rings. The molecular weight excluding hydrogens is 369 g/mol. The highest BCUT2D eigenvalue weighted by Crippen LogP contribution is 2.39. The number of carbonyl (C=O) groups excluding carboxylic acids is 1. The van der Waals surface area contributed by atoms with Gasteiger partial charge in [-0.25, -0.2) is 4.79 Å². The topological polar surface area (TPSA) is 66.0 Å². The van der Waals surface area contributed by atoms with Gasteiger partial charge in [0, 0.05) is 6.54 Å². The van der Waals surface area contributed by atoms with Crippen LogP contribution in [0.4, 0.5) is 4.79 Å². The minimum absolute atomic E-state index is 0.238. The first-order valence-electron chi connectivity index (χ1n) is 9.92. The first-order chi connectivity index (χ1) is 13.2. The van der Waals surface area contributed by atoms with Crippen LogP contribution >= 0.6 is 0 Å². The molecule has 1 amide bonds. The maximum absolute atomic E-state index is 12.2. The van der Waals surface area contributed by atoms with Gasteiger partial charge in [-0.3, -0.25) is 0 Å². The lowest BCUT2D eigenvalue weighted by Crippen LogP contribution is -2.41. The largest absolute Gasteiger partial charge is 0.497 e. The molecule has 2 rings (SSSR count). The van der Waals surface area contributed by atoms with Gasteiger partial charge in [0.2, 0.25) is 0 Å². The van der Waals surface area contributed by atoms with E-state index in [0.717, 1.165) is 22.3 Å². The second-order valence-corrected chi connectivity index (χ2v) is 9.39. The Morgan fingerprint density at radius 1 is 1.17 bits per heavy atom. The van der Waals surface area contributed by atoms with Gasteiger partial charge in [-0.05, 0) is 84.1 Å². The van der Waals surface area contributed by atoms with Gasteiger partial charge in [-0.1, -0.05) is 12.1 Å². The molecule has 0 saturated carbocycles. The zero-order chi connectivity index (χ0) is 22.0. The smallest absolute Gasteiger partial charge is 0.492 e. The fourth-order valence-corrected chi connectivity index (χ4v) is 2.79. The Morgan fingerprint density at radius 2 is 1.76 bits per heavy atom. The number of benzene rings is 1. The van der Waals surface area contributed by atoms with Crippen LogP contribution in [0.1, 0.15) is 59.6 Å². The summed E-state index contributed by atoms with van der Waals surface area (Å²) < 4.78 is 23.1. The van der Waals surface area contributed by atoms with Crippen molar-refractivity contribution in [2.24, 2.45) is 0 Å². The minimum Gasteiger partial charge on any atom is -0.497 e. The van der Waals surface area contributed by atoms with E-state index < -0.39 is 30.0 Å². The van der Waals surface area contributed by atoms with Crippen LogP contribution in [0.3, 0.4) is 0 Å². The van der Waals surface area contributed by atoms with Gasteiger partial charge in [0.05, 0.1) is 18.3 Å². The van der Waals surface area contributed by atoms with Crippen molar-refractivity contribution in [3.63, 3.8) is 0 Å². The molecule has 0 aromatic heterocycles. The van der Waals surface area contributed by atoms with Gasteiger partial charge in [0.1, 0.15) is 11.4 Å². The summed E-state index contributed by atoms with van der Waals surface area (Å²) in [7, 11) is 1.05. The van der Waals surface area contributed by atoms with Crippen molar-refractivity contribution in [1.29, 1.82) is 0 Å². The van der Waals surface area contributed by atoms with Crippen LogP contribution in [0.25, 0.3) is 6.08 Å². The predicted octanol–water partition coefficient (Wildman–Crippen LogP) is 4.54. The molecule has 0 atom stereocenters. The zero-order valence-corrected chi connectivity index (χ0v) is 19.1. The van der Waals surface area contributed by atoms with Gasteiger partial charge < -0.3 is 24.1 Å². The van der Waals surface area contributed by atoms with E-state index in [4.69, 9.17) is 18.8 Å². The fourth-order valence-electron chi connectivity index (χ4n) is 2.79. The fraction of sp³-hybridized carbons (Fsp3) is 0.591. The summed E-state index contributed by atoms with van der Waals surface area (Å²) in [4.78, 5) is 12.2. The van der Waals surface area contributed by atoms with Crippen LogP contribution in [0.15, 0.2) is 23.7 Å². The van der Waals surface area contributed by atoms with Crippen LogP contribution in [0.5, 0.6) is 5.75 Å². The lowest BCUT2D eigenvalue weighted by Gasteiger charge is -2.32. The molecule has 29 heavy (non-hydrogen) atoms. The van der Waals surface area contributed by atoms with Gasteiger partial charge in [0.15, 0.2) is 0 Å². The number of rotatable bonds is 5. The third-order valence-electron chi connectivity index (χ3n) is 5.22. The number of methoxy groups -OCH3 is 1. The molecule has 1 heterocycles. The molecule has 1 N–H and O–H groups in total. The quantitative estimate of drug-likeness (QED) is 0.731. The number of nitrogens with one attached hydrogen (secondary N) is 1. The SMILES string of the molecule is COc1ccc(C)c(C=C(CNC(=O)OC(C)(C)C)B2OC(C)(C)C(C)(C)O2)c1. The molecule has 1 saturated heterocycles. The van der Waals surface area contributed by atoms with Gasteiger partial charge in [0.25, 0.3) is 0 Å². The highest BCUT2D eigenvalue weighted by atomic mass is 16.7. The Hall–Kier alpha value is -1.99. The lowest BCUT2D eigenvalue weighted by atomic mass is 9.76. The van der Waals surface area contributed by atoms with Crippen molar-refractivity contribution in [1.82, 2.24) is 5.32 Å². The summed E-state index contributed by atoms with van der Waals surface area (Å²) in [5, 5.41) is 2.82. The number of alkyl carbamates (subject to hydrolysis) is 1. The van der Waals surface area contributed by atoms with E-state index in [1.54, 1.807) is 7.11 Å². The maximum Gasteiger partial charge on any atom is 0.492 e. The summed E-state index contributed by atoms with van der Waals surface area (Å²) in [6, 6.07) is 5.86. The van der Waals surface area contributed by atoms with Crippen molar-refractivity contribution in [3.05, 3.63) is 34.8 Å². The number of aryl methyl sites for hydroxylation is 1. The molecule has 1 aromatic rings. The molecule has 1 aliphatic heterocycles. The average Bonchev–Trinajstić information content (AvgIpc) is 2.79. The highest BCUT2D eigenvalue weighted by molar-refractivity contribution is 6.56. The third kappa shape index (κ3) is 6.00. The number of hydrogen-bond donors (Lipinski definition) is 1. The molecule has 0 radical (unpaired) electrons. The van der Waals surface area contributed by atoms with Gasteiger partial charge >= 0.3 is 13.2 Å². The average molecular weight is 403 g/mol. The van der Waals surface area contributed by atoms with E-state index in [0.29, 0.717) is 0 Å². The zero-order valence-electron chi connectivity index (χ0n) is 19.1. The van der Waals surface area contributed by atoms with Crippen molar-refractivity contribution in [2.75, 3.05) is 13.7 Å². The molecule has 7 heteroatoms.